The normalized spacial score (nSPS) is 31.7. The highest BCUT2D eigenvalue weighted by Crippen LogP contribution is 2.17. The Morgan fingerprint density at radius 3 is 2.91 bits per heavy atom. The van der Waals surface area contributed by atoms with E-state index in [1.807, 2.05) is 0 Å². The van der Waals surface area contributed by atoms with Gasteiger partial charge in [-0.3, -0.25) is 4.79 Å². The Balaban J connectivity index is 2.35. The lowest BCUT2D eigenvalue weighted by Crippen LogP contribution is -2.33. The number of aliphatic carboxylic acids is 1. The van der Waals surface area contributed by atoms with Crippen LogP contribution < -0.4 is 0 Å². The molecule has 0 aromatic heterocycles. The Hall–Kier alpha value is -0.610. The van der Waals surface area contributed by atoms with Crippen LogP contribution in [0.15, 0.2) is 0 Å². The third-order valence-electron chi connectivity index (χ3n) is 1.87. The Morgan fingerprint density at radius 2 is 2.36 bits per heavy atom. The van der Waals surface area contributed by atoms with E-state index in [2.05, 4.69) is 0 Å². The monoisotopic (exact) mass is 160 g/mol. The van der Waals surface area contributed by atoms with Crippen molar-refractivity contribution in [1.82, 2.24) is 0 Å². The van der Waals surface area contributed by atoms with Crippen LogP contribution in [0.2, 0.25) is 0 Å². The maximum absolute atomic E-state index is 10.2. The molecule has 2 atom stereocenters. The average molecular weight is 160 g/mol. The first-order valence-corrected chi connectivity index (χ1v) is 3.67. The molecule has 0 aromatic rings. The molecule has 0 radical (unpaired) electrons. The highest BCUT2D eigenvalue weighted by atomic mass is 16.5. The summed E-state index contributed by atoms with van der Waals surface area (Å²) in [5.41, 5.74) is 0. The fourth-order valence-corrected chi connectivity index (χ4v) is 1.20. The molecule has 11 heavy (non-hydrogen) atoms. The van der Waals surface area contributed by atoms with Gasteiger partial charge in [-0.25, -0.2) is 0 Å². The number of ether oxygens (including phenoxy) is 1. The quantitative estimate of drug-likeness (QED) is 0.590. The van der Waals surface area contributed by atoms with Crippen molar-refractivity contribution < 1.29 is 19.7 Å². The fourth-order valence-electron chi connectivity index (χ4n) is 1.20. The van der Waals surface area contributed by atoms with E-state index in [0.29, 0.717) is 19.6 Å². The lowest BCUT2D eigenvalue weighted by atomic mass is 9.95. The van der Waals surface area contributed by atoms with Crippen LogP contribution in [0.1, 0.15) is 12.8 Å². The third-order valence-corrected chi connectivity index (χ3v) is 1.87. The van der Waals surface area contributed by atoms with Crippen molar-refractivity contribution in [2.45, 2.75) is 18.9 Å². The molecule has 4 nitrogen and oxygen atoms in total. The number of rotatable bonds is 2. The van der Waals surface area contributed by atoms with Crippen LogP contribution in [0.5, 0.6) is 0 Å². The Morgan fingerprint density at radius 1 is 1.64 bits per heavy atom. The van der Waals surface area contributed by atoms with Crippen molar-refractivity contribution in [3.8, 4) is 0 Å². The second kappa shape index (κ2) is 3.69. The number of hydrogen-bond donors (Lipinski definition) is 2. The van der Waals surface area contributed by atoms with Crippen LogP contribution in [-0.4, -0.2) is 35.5 Å². The van der Waals surface area contributed by atoms with Gasteiger partial charge in [-0.2, -0.15) is 0 Å². The summed E-state index contributed by atoms with van der Waals surface area (Å²) in [6.07, 6.45) is 0.0545. The minimum Gasteiger partial charge on any atom is -0.481 e. The highest BCUT2D eigenvalue weighted by Gasteiger charge is 2.25. The van der Waals surface area contributed by atoms with E-state index in [-0.39, 0.29) is 12.3 Å². The summed E-state index contributed by atoms with van der Waals surface area (Å²) in [5, 5.41) is 17.7. The number of aliphatic hydroxyl groups excluding tert-OH is 1. The summed E-state index contributed by atoms with van der Waals surface area (Å²) < 4.78 is 5.03. The van der Waals surface area contributed by atoms with Gasteiger partial charge >= 0.3 is 5.97 Å². The zero-order valence-corrected chi connectivity index (χ0v) is 6.19. The van der Waals surface area contributed by atoms with Gasteiger partial charge in [-0.1, -0.05) is 0 Å². The van der Waals surface area contributed by atoms with Gasteiger partial charge in [-0.15, -0.1) is 0 Å². The minimum absolute atomic E-state index is 0.00116. The first-order chi connectivity index (χ1) is 5.20. The zero-order valence-electron chi connectivity index (χ0n) is 6.19. The van der Waals surface area contributed by atoms with Gasteiger partial charge in [0, 0.05) is 12.5 Å². The molecule has 0 bridgehead atoms. The van der Waals surface area contributed by atoms with E-state index < -0.39 is 12.1 Å². The molecule has 1 aliphatic heterocycles. The van der Waals surface area contributed by atoms with Crippen molar-refractivity contribution in [2.24, 2.45) is 5.92 Å². The molecule has 0 saturated carbocycles. The van der Waals surface area contributed by atoms with Gasteiger partial charge in [0.1, 0.15) is 0 Å². The van der Waals surface area contributed by atoms with E-state index in [1.54, 1.807) is 0 Å². The average Bonchev–Trinajstić information content (AvgIpc) is 1.93. The molecule has 0 aliphatic carbocycles. The molecule has 1 rings (SSSR count). The smallest absolute Gasteiger partial charge is 0.303 e. The Kier molecular flexibility index (Phi) is 2.84. The third kappa shape index (κ3) is 2.48. The maximum atomic E-state index is 10.2. The molecule has 1 fully saturated rings. The van der Waals surface area contributed by atoms with E-state index in [1.165, 1.54) is 0 Å². The van der Waals surface area contributed by atoms with Gasteiger partial charge in [0.25, 0.3) is 0 Å². The molecule has 0 spiro atoms. The van der Waals surface area contributed by atoms with Gasteiger partial charge in [0.05, 0.1) is 19.1 Å². The number of aliphatic hydroxyl groups is 1. The Labute approximate surface area is 64.8 Å². The van der Waals surface area contributed by atoms with Crippen molar-refractivity contribution in [3.63, 3.8) is 0 Å². The van der Waals surface area contributed by atoms with Gasteiger partial charge < -0.3 is 14.9 Å². The van der Waals surface area contributed by atoms with Crippen molar-refractivity contribution in [1.29, 1.82) is 0 Å². The summed E-state index contributed by atoms with van der Waals surface area (Å²) in [5.74, 6) is -1.10. The summed E-state index contributed by atoms with van der Waals surface area (Å²) in [6, 6.07) is 0. The predicted molar refractivity (Wildman–Crippen MR) is 37.2 cm³/mol. The number of hydrogen-bond acceptors (Lipinski definition) is 3. The first-order valence-electron chi connectivity index (χ1n) is 3.67. The molecule has 1 aliphatic rings. The van der Waals surface area contributed by atoms with Crippen molar-refractivity contribution in [3.05, 3.63) is 0 Å². The molecular weight excluding hydrogens is 148 g/mol. The second-order valence-electron chi connectivity index (χ2n) is 2.79. The molecule has 64 valence electrons. The van der Waals surface area contributed by atoms with E-state index in [9.17, 15) is 9.90 Å². The second-order valence-corrected chi connectivity index (χ2v) is 2.79. The largest absolute Gasteiger partial charge is 0.481 e. The molecule has 0 amide bonds. The molecule has 4 heteroatoms. The highest BCUT2D eigenvalue weighted by molar-refractivity contribution is 5.67. The summed E-state index contributed by atoms with van der Waals surface area (Å²) in [7, 11) is 0. The molecule has 0 aromatic carbocycles. The first kappa shape index (κ1) is 8.49. The molecular formula is C7H12O4. The maximum Gasteiger partial charge on any atom is 0.303 e. The molecule has 2 unspecified atom stereocenters. The SMILES string of the molecule is O=C(O)CC1COCCC1O. The van der Waals surface area contributed by atoms with Crippen LogP contribution in [0.25, 0.3) is 0 Å². The number of carboxylic acid groups (broad SMARTS) is 1. The number of carbonyl (C=O) groups is 1. The standard InChI is InChI=1S/C7H12O4/c8-6-1-2-11-4-5(6)3-7(9)10/h5-6,8H,1-4H2,(H,9,10). The predicted octanol–water partition coefficient (Wildman–Crippen LogP) is -0.141. The lowest BCUT2D eigenvalue weighted by Gasteiger charge is -2.26. The molecule has 2 N–H and O–H groups in total. The van der Waals surface area contributed by atoms with E-state index in [0.717, 1.165) is 0 Å². The van der Waals surface area contributed by atoms with Gasteiger partial charge in [0.15, 0.2) is 0 Å². The van der Waals surface area contributed by atoms with E-state index in [4.69, 9.17) is 9.84 Å². The van der Waals surface area contributed by atoms with Crippen LogP contribution in [0.3, 0.4) is 0 Å². The summed E-state index contributed by atoms with van der Waals surface area (Å²) >= 11 is 0. The van der Waals surface area contributed by atoms with Crippen LogP contribution in [-0.2, 0) is 9.53 Å². The number of carboxylic acids is 1. The van der Waals surface area contributed by atoms with Crippen molar-refractivity contribution >= 4 is 5.97 Å². The fraction of sp³-hybridized carbons (Fsp3) is 0.857. The van der Waals surface area contributed by atoms with Crippen LogP contribution in [0, 0.1) is 5.92 Å². The van der Waals surface area contributed by atoms with Crippen molar-refractivity contribution in [2.75, 3.05) is 13.2 Å². The summed E-state index contributed by atoms with van der Waals surface area (Å²) in [6.45, 7) is 0.907. The lowest BCUT2D eigenvalue weighted by molar-refractivity contribution is -0.141. The zero-order chi connectivity index (χ0) is 8.27. The summed E-state index contributed by atoms with van der Waals surface area (Å²) in [4.78, 5) is 10.2. The molecule has 1 saturated heterocycles. The minimum atomic E-state index is -0.875. The van der Waals surface area contributed by atoms with E-state index >= 15 is 0 Å². The van der Waals surface area contributed by atoms with Crippen LogP contribution >= 0.6 is 0 Å². The molecule has 1 heterocycles. The van der Waals surface area contributed by atoms with Crippen LogP contribution in [0.4, 0.5) is 0 Å². The Bertz CT molecular complexity index is 145. The topological polar surface area (TPSA) is 66.8 Å². The van der Waals surface area contributed by atoms with Gasteiger partial charge in [0.2, 0.25) is 0 Å². The van der Waals surface area contributed by atoms with Gasteiger partial charge in [-0.05, 0) is 6.42 Å².